The van der Waals surface area contributed by atoms with Crippen molar-refractivity contribution < 1.29 is 22.0 Å². The molecule has 10 nitrogen and oxygen atoms in total. The highest BCUT2D eigenvalue weighted by molar-refractivity contribution is 7.89. The number of piperazine rings is 1. The molecule has 1 amide bonds. The number of rotatable bonds is 4. The lowest BCUT2D eigenvalue weighted by molar-refractivity contribution is 0.0699. The number of alkyl halides is 2. The highest BCUT2D eigenvalue weighted by atomic mass is 32.2. The smallest absolute Gasteiger partial charge is 0.280 e. The lowest BCUT2D eigenvalue weighted by atomic mass is 10.2. The normalized spacial score (nSPS) is 16.0. The van der Waals surface area contributed by atoms with Crippen molar-refractivity contribution in [2.75, 3.05) is 26.2 Å². The van der Waals surface area contributed by atoms with E-state index in [9.17, 15) is 22.0 Å². The van der Waals surface area contributed by atoms with Crippen molar-refractivity contribution in [2.45, 2.75) is 18.2 Å². The molecule has 0 unspecified atom stereocenters. The fraction of sp³-hybridized carbons (Fsp3) is 0.412. The number of sulfonamides is 1. The van der Waals surface area contributed by atoms with Gasteiger partial charge in [-0.2, -0.15) is 14.5 Å². The van der Waals surface area contributed by atoms with Gasteiger partial charge in [0.25, 0.3) is 12.3 Å². The summed E-state index contributed by atoms with van der Waals surface area (Å²) >= 11 is 0. The third-order valence-corrected chi connectivity index (χ3v) is 6.78. The zero-order valence-corrected chi connectivity index (χ0v) is 17.1. The molecule has 0 spiro atoms. The van der Waals surface area contributed by atoms with Crippen molar-refractivity contribution in [3.63, 3.8) is 0 Å². The summed E-state index contributed by atoms with van der Waals surface area (Å²) in [5.74, 6) is -0.429. The van der Waals surface area contributed by atoms with Crippen LogP contribution < -0.4 is 0 Å². The Labute approximate surface area is 170 Å². The van der Waals surface area contributed by atoms with E-state index in [0.717, 1.165) is 4.52 Å². The summed E-state index contributed by atoms with van der Waals surface area (Å²) < 4.78 is 55.6. The molecule has 0 bridgehead atoms. The molecule has 0 N–H and O–H groups in total. The van der Waals surface area contributed by atoms with Gasteiger partial charge >= 0.3 is 0 Å². The van der Waals surface area contributed by atoms with Gasteiger partial charge in [0.15, 0.2) is 5.65 Å². The topological polar surface area (TPSA) is 106 Å². The van der Waals surface area contributed by atoms with Gasteiger partial charge in [-0.05, 0) is 13.0 Å². The Hall–Kier alpha value is -2.93. The minimum Gasteiger partial charge on any atom is -0.336 e. The number of aryl methyl sites for hydroxylation is 2. The van der Waals surface area contributed by atoms with Gasteiger partial charge in [-0.25, -0.2) is 26.7 Å². The minimum absolute atomic E-state index is 0.0562. The van der Waals surface area contributed by atoms with Crippen LogP contribution >= 0.6 is 0 Å². The summed E-state index contributed by atoms with van der Waals surface area (Å²) in [6, 6.07) is 1.22. The van der Waals surface area contributed by atoms with E-state index in [1.165, 1.54) is 38.5 Å². The number of hydrogen-bond acceptors (Lipinski definition) is 6. The lowest BCUT2D eigenvalue weighted by Gasteiger charge is -2.33. The quantitative estimate of drug-likeness (QED) is 0.597. The monoisotopic (exact) mass is 439 g/mol. The van der Waals surface area contributed by atoms with Crippen LogP contribution in [0.1, 0.15) is 28.2 Å². The second kappa shape index (κ2) is 7.40. The molecule has 0 aliphatic carbocycles. The van der Waals surface area contributed by atoms with Gasteiger partial charge in [0, 0.05) is 45.1 Å². The van der Waals surface area contributed by atoms with Gasteiger partial charge in [-0.1, -0.05) is 0 Å². The lowest BCUT2D eigenvalue weighted by Crippen LogP contribution is -2.50. The number of carbonyl (C=O) groups is 1. The van der Waals surface area contributed by atoms with Crippen LogP contribution in [0.15, 0.2) is 29.6 Å². The molecule has 1 aliphatic rings. The zero-order valence-electron chi connectivity index (χ0n) is 16.2. The molecule has 1 saturated heterocycles. The van der Waals surface area contributed by atoms with E-state index in [2.05, 4.69) is 15.2 Å². The molecular formula is C17H19F2N7O3S. The van der Waals surface area contributed by atoms with E-state index in [0.29, 0.717) is 5.69 Å². The Bertz CT molecular complexity index is 1210. The molecule has 4 heterocycles. The molecule has 1 fully saturated rings. The average molecular weight is 439 g/mol. The summed E-state index contributed by atoms with van der Waals surface area (Å²) in [4.78, 5) is 18.7. The molecule has 3 aromatic heterocycles. The summed E-state index contributed by atoms with van der Waals surface area (Å²) in [7, 11) is -2.07. The molecule has 1 aliphatic heterocycles. The number of carbonyl (C=O) groups excluding carboxylic acids is 1. The average Bonchev–Trinajstić information content (AvgIpc) is 3.33. The van der Waals surface area contributed by atoms with Crippen LogP contribution in [-0.2, 0) is 17.1 Å². The molecule has 160 valence electrons. The van der Waals surface area contributed by atoms with E-state index in [1.807, 2.05) is 0 Å². The fourth-order valence-electron chi connectivity index (χ4n) is 3.40. The van der Waals surface area contributed by atoms with E-state index in [1.54, 1.807) is 14.0 Å². The van der Waals surface area contributed by atoms with Gasteiger partial charge in [0.1, 0.15) is 16.2 Å². The largest absolute Gasteiger partial charge is 0.336 e. The van der Waals surface area contributed by atoms with Gasteiger partial charge in [-0.3, -0.25) is 9.48 Å². The van der Waals surface area contributed by atoms with Crippen molar-refractivity contribution in [2.24, 2.45) is 7.05 Å². The number of amides is 1. The second-order valence-corrected chi connectivity index (χ2v) is 8.90. The molecular weight excluding hydrogens is 420 g/mol. The third kappa shape index (κ3) is 3.43. The molecule has 3 aromatic rings. The first-order chi connectivity index (χ1) is 14.2. The summed E-state index contributed by atoms with van der Waals surface area (Å²) in [6.45, 7) is 2.09. The van der Waals surface area contributed by atoms with Gasteiger partial charge in [0.05, 0.1) is 12.4 Å². The van der Waals surface area contributed by atoms with Crippen molar-refractivity contribution in [3.05, 3.63) is 41.6 Å². The number of nitrogens with zero attached hydrogens (tertiary/aromatic N) is 7. The van der Waals surface area contributed by atoms with Crippen LogP contribution in [0, 0.1) is 6.92 Å². The molecule has 4 rings (SSSR count). The van der Waals surface area contributed by atoms with Crippen molar-refractivity contribution in [1.82, 2.24) is 33.6 Å². The van der Waals surface area contributed by atoms with E-state index in [4.69, 9.17) is 0 Å². The second-order valence-electron chi connectivity index (χ2n) is 6.96. The number of fused-ring (bicyclic) bond motifs is 1. The van der Waals surface area contributed by atoms with Crippen LogP contribution in [0.3, 0.4) is 0 Å². The Kier molecular flexibility index (Phi) is 5.02. The Morgan fingerprint density at radius 2 is 1.83 bits per heavy atom. The van der Waals surface area contributed by atoms with E-state index >= 15 is 0 Å². The standard InChI is InChI=1S/C17H19F2N7O3S/c1-11-7-14(15(18)19)26-16(22-11)13(9-21-26)17(27)24-3-5-25(6-4-24)30(28,29)12-8-20-23(2)10-12/h7-10,15H,3-6H2,1-2H3. The summed E-state index contributed by atoms with van der Waals surface area (Å²) in [6.07, 6.45) is 1.15. The molecule has 0 saturated carbocycles. The van der Waals surface area contributed by atoms with E-state index < -0.39 is 22.4 Å². The minimum atomic E-state index is -3.70. The first kappa shape index (κ1) is 20.3. The van der Waals surface area contributed by atoms with Gasteiger partial charge in [-0.15, -0.1) is 0 Å². The maximum Gasteiger partial charge on any atom is 0.280 e. The van der Waals surface area contributed by atoms with Crippen molar-refractivity contribution in [1.29, 1.82) is 0 Å². The Morgan fingerprint density at radius 1 is 1.13 bits per heavy atom. The zero-order chi connectivity index (χ0) is 21.6. The first-order valence-corrected chi connectivity index (χ1v) is 10.5. The number of halogens is 2. The molecule has 0 aromatic carbocycles. The predicted molar refractivity (Wildman–Crippen MR) is 101 cm³/mol. The first-order valence-electron chi connectivity index (χ1n) is 9.10. The highest BCUT2D eigenvalue weighted by Crippen LogP contribution is 2.23. The third-order valence-electron chi connectivity index (χ3n) is 4.93. The SMILES string of the molecule is Cc1cc(C(F)F)n2ncc(C(=O)N3CCN(S(=O)(=O)c4cnn(C)c4)CC3)c2n1. The van der Waals surface area contributed by atoms with Crippen molar-refractivity contribution in [3.8, 4) is 0 Å². The number of hydrogen-bond donors (Lipinski definition) is 0. The molecule has 0 atom stereocenters. The maximum absolute atomic E-state index is 13.3. The number of aromatic nitrogens is 5. The van der Waals surface area contributed by atoms with Crippen molar-refractivity contribution >= 4 is 21.6 Å². The molecule has 30 heavy (non-hydrogen) atoms. The highest BCUT2D eigenvalue weighted by Gasteiger charge is 2.32. The van der Waals surface area contributed by atoms with Crippen LogP contribution in [0.25, 0.3) is 5.65 Å². The molecule has 13 heteroatoms. The summed E-state index contributed by atoms with van der Waals surface area (Å²) in [5.41, 5.74) is 0.161. The Balaban J connectivity index is 1.54. The Morgan fingerprint density at radius 3 is 2.43 bits per heavy atom. The van der Waals surface area contributed by atoms with Gasteiger partial charge < -0.3 is 4.90 Å². The predicted octanol–water partition coefficient (Wildman–Crippen LogP) is 0.856. The van der Waals surface area contributed by atoms with Crippen LogP contribution in [0.4, 0.5) is 8.78 Å². The summed E-state index contributed by atoms with van der Waals surface area (Å²) in [5, 5.41) is 7.79. The van der Waals surface area contributed by atoms with E-state index in [-0.39, 0.29) is 48.0 Å². The van der Waals surface area contributed by atoms with Crippen LogP contribution in [-0.4, -0.2) is 74.1 Å². The van der Waals surface area contributed by atoms with Crippen LogP contribution in [0.2, 0.25) is 0 Å². The van der Waals surface area contributed by atoms with Crippen LogP contribution in [0.5, 0.6) is 0 Å². The maximum atomic E-state index is 13.3. The molecule has 0 radical (unpaired) electrons. The van der Waals surface area contributed by atoms with Gasteiger partial charge in [0.2, 0.25) is 10.0 Å². The fourth-order valence-corrected chi connectivity index (χ4v) is 4.81.